The topological polar surface area (TPSA) is 42.0 Å². The number of rotatable bonds is 4. The Bertz CT molecular complexity index is 570. The first-order valence-electron chi connectivity index (χ1n) is 6.10. The van der Waals surface area contributed by atoms with Crippen molar-refractivity contribution in [2.75, 3.05) is 6.54 Å². The minimum atomic E-state index is -0.0513. The van der Waals surface area contributed by atoms with E-state index in [1.165, 1.54) is 5.56 Å². The van der Waals surface area contributed by atoms with E-state index in [-0.39, 0.29) is 5.91 Å². The van der Waals surface area contributed by atoms with Crippen molar-refractivity contribution in [1.29, 1.82) is 0 Å². The number of hydrogen-bond acceptors (Lipinski definition) is 2. The summed E-state index contributed by atoms with van der Waals surface area (Å²) < 4.78 is 0.858. The molecule has 0 aliphatic rings. The van der Waals surface area contributed by atoms with Gasteiger partial charge in [-0.1, -0.05) is 12.1 Å². The maximum atomic E-state index is 12.1. The third-order valence-electron chi connectivity index (χ3n) is 2.89. The molecule has 19 heavy (non-hydrogen) atoms. The van der Waals surface area contributed by atoms with Crippen molar-refractivity contribution in [1.82, 2.24) is 10.3 Å². The van der Waals surface area contributed by atoms with Gasteiger partial charge in [-0.15, -0.1) is 0 Å². The molecule has 1 amide bonds. The van der Waals surface area contributed by atoms with E-state index >= 15 is 0 Å². The third-order valence-corrected chi connectivity index (χ3v) is 3.94. The second-order valence-corrected chi connectivity index (χ2v) is 5.09. The zero-order chi connectivity index (χ0) is 13.7. The predicted octanol–water partition coefficient (Wildman–Crippen LogP) is 3.13. The van der Waals surface area contributed by atoms with Crippen LogP contribution in [0, 0.1) is 6.92 Å². The summed E-state index contributed by atoms with van der Waals surface area (Å²) in [5.74, 6) is -0.0513. The van der Waals surface area contributed by atoms with Gasteiger partial charge in [0.2, 0.25) is 0 Å². The van der Waals surface area contributed by atoms with E-state index in [9.17, 15) is 4.79 Å². The average Bonchev–Trinajstić information content (AvgIpc) is 2.43. The van der Waals surface area contributed by atoms with Crippen molar-refractivity contribution in [3.05, 3.63) is 63.9 Å². The van der Waals surface area contributed by atoms with Gasteiger partial charge in [-0.2, -0.15) is 0 Å². The van der Waals surface area contributed by atoms with Crippen LogP contribution in [0.25, 0.3) is 0 Å². The summed E-state index contributed by atoms with van der Waals surface area (Å²) >= 11 is 3.45. The highest BCUT2D eigenvalue weighted by atomic mass is 79.9. The molecule has 0 radical (unpaired) electrons. The fraction of sp³-hybridized carbons (Fsp3) is 0.200. The number of benzene rings is 1. The van der Waals surface area contributed by atoms with Gasteiger partial charge >= 0.3 is 0 Å². The molecule has 1 N–H and O–H groups in total. The molecular weight excluding hydrogens is 304 g/mol. The van der Waals surface area contributed by atoms with Crippen molar-refractivity contribution in [2.45, 2.75) is 13.3 Å². The molecule has 0 atom stereocenters. The maximum absolute atomic E-state index is 12.1. The minimum Gasteiger partial charge on any atom is -0.352 e. The van der Waals surface area contributed by atoms with Gasteiger partial charge in [0.15, 0.2) is 0 Å². The molecule has 0 fully saturated rings. The van der Waals surface area contributed by atoms with Crippen molar-refractivity contribution in [2.24, 2.45) is 0 Å². The number of aryl methyl sites for hydroxylation is 1. The van der Waals surface area contributed by atoms with Gasteiger partial charge in [-0.3, -0.25) is 9.78 Å². The van der Waals surface area contributed by atoms with Crippen molar-refractivity contribution >= 4 is 21.8 Å². The molecule has 0 spiro atoms. The maximum Gasteiger partial charge on any atom is 0.252 e. The van der Waals surface area contributed by atoms with Crippen LogP contribution < -0.4 is 5.32 Å². The summed E-state index contributed by atoms with van der Waals surface area (Å²) in [7, 11) is 0. The lowest BCUT2D eigenvalue weighted by Gasteiger charge is -2.08. The molecule has 0 saturated heterocycles. The number of aromatic nitrogens is 1. The monoisotopic (exact) mass is 318 g/mol. The SMILES string of the molecule is Cc1cccc(C(=O)NCCc2ccncc2)c1Br. The Balaban J connectivity index is 1.93. The normalized spacial score (nSPS) is 10.2. The highest BCUT2D eigenvalue weighted by Crippen LogP contribution is 2.20. The molecule has 0 saturated carbocycles. The van der Waals surface area contributed by atoms with Gasteiger partial charge < -0.3 is 5.32 Å². The van der Waals surface area contributed by atoms with E-state index < -0.39 is 0 Å². The molecule has 1 aromatic carbocycles. The summed E-state index contributed by atoms with van der Waals surface area (Å²) in [4.78, 5) is 16.0. The number of nitrogens with one attached hydrogen (secondary N) is 1. The zero-order valence-electron chi connectivity index (χ0n) is 10.7. The van der Waals surface area contributed by atoms with E-state index in [0.29, 0.717) is 12.1 Å². The van der Waals surface area contributed by atoms with Crippen LogP contribution in [-0.4, -0.2) is 17.4 Å². The van der Waals surface area contributed by atoms with Crippen LogP contribution in [0.2, 0.25) is 0 Å². The highest BCUT2D eigenvalue weighted by molar-refractivity contribution is 9.10. The van der Waals surface area contributed by atoms with Gasteiger partial charge in [-0.05, 0) is 58.6 Å². The number of halogens is 1. The van der Waals surface area contributed by atoms with Crippen LogP contribution in [0.1, 0.15) is 21.5 Å². The molecular formula is C15H15BrN2O. The van der Waals surface area contributed by atoms with Crippen molar-refractivity contribution in [3.8, 4) is 0 Å². The molecule has 2 rings (SSSR count). The Hall–Kier alpha value is -1.68. The van der Waals surface area contributed by atoms with Gasteiger partial charge in [0.25, 0.3) is 5.91 Å². The molecule has 1 heterocycles. The first kappa shape index (κ1) is 13.7. The summed E-state index contributed by atoms with van der Waals surface area (Å²) in [5, 5.41) is 2.93. The summed E-state index contributed by atoms with van der Waals surface area (Å²) in [6.45, 7) is 2.58. The van der Waals surface area contributed by atoms with Crippen LogP contribution in [-0.2, 0) is 6.42 Å². The van der Waals surface area contributed by atoms with E-state index in [0.717, 1.165) is 16.5 Å². The lowest BCUT2D eigenvalue weighted by molar-refractivity contribution is 0.0953. The lowest BCUT2D eigenvalue weighted by atomic mass is 10.1. The minimum absolute atomic E-state index is 0.0513. The molecule has 2 aromatic rings. The average molecular weight is 319 g/mol. The third kappa shape index (κ3) is 3.64. The summed E-state index contributed by atoms with van der Waals surface area (Å²) in [6, 6.07) is 9.58. The first-order valence-corrected chi connectivity index (χ1v) is 6.90. The van der Waals surface area contributed by atoms with Gasteiger partial charge in [0.05, 0.1) is 5.56 Å². The molecule has 98 valence electrons. The number of hydrogen-bond donors (Lipinski definition) is 1. The van der Waals surface area contributed by atoms with Crippen LogP contribution in [0.3, 0.4) is 0 Å². The van der Waals surface area contributed by atoms with E-state index in [1.807, 2.05) is 37.3 Å². The van der Waals surface area contributed by atoms with Gasteiger partial charge in [0.1, 0.15) is 0 Å². The Labute approximate surface area is 121 Å². The smallest absolute Gasteiger partial charge is 0.252 e. The molecule has 1 aromatic heterocycles. The lowest BCUT2D eigenvalue weighted by Crippen LogP contribution is -2.26. The van der Waals surface area contributed by atoms with Gasteiger partial charge in [0, 0.05) is 23.4 Å². The van der Waals surface area contributed by atoms with Crippen molar-refractivity contribution < 1.29 is 4.79 Å². The Kier molecular flexibility index (Phi) is 4.68. The van der Waals surface area contributed by atoms with Gasteiger partial charge in [-0.25, -0.2) is 0 Å². The van der Waals surface area contributed by atoms with Crippen LogP contribution in [0.15, 0.2) is 47.2 Å². The Morgan fingerprint density at radius 1 is 1.26 bits per heavy atom. The first-order chi connectivity index (χ1) is 9.18. The fourth-order valence-electron chi connectivity index (χ4n) is 1.79. The summed E-state index contributed by atoms with van der Waals surface area (Å²) in [6.07, 6.45) is 4.32. The van der Waals surface area contributed by atoms with Crippen LogP contribution >= 0.6 is 15.9 Å². The fourth-order valence-corrected chi connectivity index (χ4v) is 2.23. The number of amides is 1. The quantitative estimate of drug-likeness (QED) is 0.941. The number of carbonyl (C=O) groups excluding carboxylic acids is 1. The van der Waals surface area contributed by atoms with E-state index in [2.05, 4.69) is 26.2 Å². The zero-order valence-corrected chi connectivity index (χ0v) is 12.3. The molecule has 0 unspecified atom stereocenters. The van der Waals surface area contributed by atoms with Crippen molar-refractivity contribution in [3.63, 3.8) is 0 Å². The molecule has 0 aliphatic carbocycles. The Morgan fingerprint density at radius 3 is 2.74 bits per heavy atom. The number of carbonyl (C=O) groups is 1. The molecule has 0 bridgehead atoms. The van der Waals surface area contributed by atoms with Crippen LogP contribution in [0.4, 0.5) is 0 Å². The van der Waals surface area contributed by atoms with E-state index in [1.54, 1.807) is 12.4 Å². The summed E-state index contributed by atoms with van der Waals surface area (Å²) in [5.41, 5.74) is 2.90. The highest BCUT2D eigenvalue weighted by Gasteiger charge is 2.10. The van der Waals surface area contributed by atoms with Crippen LogP contribution in [0.5, 0.6) is 0 Å². The largest absolute Gasteiger partial charge is 0.352 e. The number of nitrogens with zero attached hydrogens (tertiary/aromatic N) is 1. The Morgan fingerprint density at radius 2 is 2.00 bits per heavy atom. The molecule has 4 heteroatoms. The van der Waals surface area contributed by atoms with E-state index in [4.69, 9.17) is 0 Å². The standard InChI is InChI=1S/C15H15BrN2O/c1-11-3-2-4-13(14(11)16)15(19)18-10-7-12-5-8-17-9-6-12/h2-6,8-9H,7,10H2,1H3,(H,18,19). The molecule has 3 nitrogen and oxygen atoms in total. The number of pyridine rings is 1. The molecule has 0 aliphatic heterocycles. The predicted molar refractivity (Wildman–Crippen MR) is 79.2 cm³/mol. The second kappa shape index (κ2) is 6.48. The second-order valence-electron chi connectivity index (χ2n) is 4.30.